The zero-order valence-electron chi connectivity index (χ0n) is 20.7. The molecule has 1 amide bonds. The number of rotatable bonds is 5. The van der Waals surface area contributed by atoms with Crippen molar-refractivity contribution < 1.29 is 4.79 Å². The molecule has 0 unspecified atom stereocenters. The number of hydrogen-bond acceptors (Lipinski definition) is 5. The highest BCUT2D eigenvalue weighted by Gasteiger charge is 2.31. The number of pyridine rings is 1. The van der Waals surface area contributed by atoms with Crippen molar-refractivity contribution in [3.05, 3.63) is 95.8 Å². The lowest BCUT2D eigenvalue weighted by atomic mass is 10.00. The Bertz CT molecular complexity index is 1190. The maximum absolute atomic E-state index is 12.7. The van der Waals surface area contributed by atoms with Gasteiger partial charge >= 0.3 is 0 Å². The third-order valence-corrected chi connectivity index (χ3v) is 7.39. The van der Waals surface area contributed by atoms with E-state index in [0.29, 0.717) is 18.7 Å². The number of carbonyl (C=O) groups excluding carboxylic acids is 1. The molecule has 0 N–H and O–H groups in total. The lowest BCUT2D eigenvalue weighted by molar-refractivity contribution is -0.127. The largest absolute Gasteiger partial charge is 0.368 e. The molecule has 6 nitrogen and oxygen atoms in total. The second-order valence-corrected chi connectivity index (χ2v) is 9.92. The zero-order valence-corrected chi connectivity index (χ0v) is 21.4. The standard InChI is InChI=1S/C29H32ClN5O/c1-22(2)29(36)34-19-20-35(27-9-5-24(30)6-10-27)28(21-34)23-3-7-25(8-4-23)32-15-17-33(18-16-32)26-11-13-31-14-12-26/h3-14,28H,1,15-21H2,2H3/t28-/m0/s1. The Kier molecular flexibility index (Phi) is 7.14. The maximum atomic E-state index is 12.7. The molecule has 2 fully saturated rings. The minimum Gasteiger partial charge on any atom is -0.368 e. The van der Waals surface area contributed by atoms with Gasteiger partial charge in [0.05, 0.1) is 6.04 Å². The van der Waals surface area contributed by atoms with E-state index in [1.165, 1.54) is 16.9 Å². The van der Waals surface area contributed by atoms with Crippen LogP contribution in [0.15, 0.2) is 85.2 Å². The second kappa shape index (κ2) is 10.6. The second-order valence-electron chi connectivity index (χ2n) is 9.49. The third-order valence-electron chi connectivity index (χ3n) is 7.14. The van der Waals surface area contributed by atoms with Crippen LogP contribution in [0.1, 0.15) is 18.5 Å². The summed E-state index contributed by atoms with van der Waals surface area (Å²) in [6.07, 6.45) is 3.70. The Labute approximate surface area is 218 Å². The molecule has 0 spiro atoms. The van der Waals surface area contributed by atoms with Crippen molar-refractivity contribution in [1.82, 2.24) is 9.88 Å². The molecule has 3 aromatic rings. The fraction of sp³-hybridized carbons (Fsp3) is 0.310. The Morgan fingerprint density at radius 2 is 1.36 bits per heavy atom. The number of carbonyl (C=O) groups is 1. The van der Waals surface area contributed by atoms with Crippen LogP contribution in [-0.4, -0.2) is 61.6 Å². The van der Waals surface area contributed by atoms with Crippen molar-refractivity contribution in [3.8, 4) is 0 Å². The van der Waals surface area contributed by atoms with Crippen molar-refractivity contribution in [2.75, 3.05) is 60.5 Å². The first-order valence-corrected chi connectivity index (χ1v) is 12.8. The van der Waals surface area contributed by atoms with E-state index in [4.69, 9.17) is 11.6 Å². The minimum absolute atomic E-state index is 0.0273. The highest BCUT2D eigenvalue weighted by Crippen LogP contribution is 2.33. The van der Waals surface area contributed by atoms with Gasteiger partial charge in [-0.25, -0.2) is 0 Å². The average molecular weight is 502 g/mol. The van der Waals surface area contributed by atoms with Gasteiger partial charge in [0.2, 0.25) is 5.91 Å². The van der Waals surface area contributed by atoms with Gasteiger partial charge in [-0.1, -0.05) is 30.3 Å². The van der Waals surface area contributed by atoms with Crippen LogP contribution in [0.2, 0.25) is 5.02 Å². The summed E-state index contributed by atoms with van der Waals surface area (Å²) in [5.74, 6) is 0.0273. The number of aromatic nitrogens is 1. The quantitative estimate of drug-likeness (QED) is 0.459. The van der Waals surface area contributed by atoms with Crippen molar-refractivity contribution >= 4 is 34.6 Å². The Morgan fingerprint density at radius 1 is 0.806 bits per heavy atom. The molecule has 0 aliphatic carbocycles. The number of anilines is 3. The first-order chi connectivity index (χ1) is 17.5. The molecule has 5 rings (SSSR count). The van der Waals surface area contributed by atoms with Gasteiger partial charge in [-0.15, -0.1) is 0 Å². The molecule has 3 heterocycles. The molecular formula is C29H32ClN5O. The molecule has 7 heteroatoms. The third kappa shape index (κ3) is 5.19. The highest BCUT2D eigenvalue weighted by atomic mass is 35.5. The molecular weight excluding hydrogens is 470 g/mol. The van der Waals surface area contributed by atoms with Crippen LogP contribution in [0.4, 0.5) is 17.1 Å². The summed E-state index contributed by atoms with van der Waals surface area (Å²) in [7, 11) is 0. The van der Waals surface area contributed by atoms with Gasteiger partial charge in [0, 0.05) is 85.9 Å². The lowest BCUT2D eigenvalue weighted by Gasteiger charge is -2.43. The number of piperazine rings is 2. The Balaban J connectivity index is 1.32. The fourth-order valence-electron chi connectivity index (χ4n) is 5.15. The average Bonchev–Trinajstić information content (AvgIpc) is 2.93. The maximum Gasteiger partial charge on any atom is 0.249 e. The molecule has 1 aromatic heterocycles. The number of nitrogens with zero attached hydrogens (tertiary/aromatic N) is 5. The summed E-state index contributed by atoms with van der Waals surface area (Å²) < 4.78 is 0. The van der Waals surface area contributed by atoms with E-state index in [0.717, 1.165) is 43.4 Å². The molecule has 0 saturated carbocycles. The summed E-state index contributed by atoms with van der Waals surface area (Å²) in [4.78, 5) is 26.0. The van der Waals surface area contributed by atoms with Gasteiger partial charge in [0.15, 0.2) is 0 Å². The highest BCUT2D eigenvalue weighted by molar-refractivity contribution is 6.30. The lowest BCUT2D eigenvalue weighted by Crippen LogP contribution is -2.50. The first kappa shape index (κ1) is 24.2. The summed E-state index contributed by atoms with van der Waals surface area (Å²) in [5, 5.41) is 0.722. The van der Waals surface area contributed by atoms with Crippen LogP contribution < -0.4 is 14.7 Å². The minimum atomic E-state index is 0.0273. The zero-order chi connectivity index (χ0) is 25.1. The number of hydrogen-bond donors (Lipinski definition) is 0. The molecule has 186 valence electrons. The summed E-state index contributed by atoms with van der Waals surface area (Å²) >= 11 is 6.15. The predicted octanol–water partition coefficient (Wildman–Crippen LogP) is 5.03. The van der Waals surface area contributed by atoms with Crippen LogP contribution in [0.25, 0.3) is 0 Å². The van der Waals surface area contributed by atoms with E-state index in [1.54, 1.807) is 6.92 Å². The van der Waals surface area contributed by atoms with Crippen LogP contribution in [-0.2, 0) is 4.79 Å². The SMILES string of the molecule is C=C(C)C(=O)N1CCN(c2ccc(Cl)cc2)[C@H](c2ccc(N3CCN(c4ccncc4)CC3)cc2)C1. The first-order valence-electron chi connectivity index (χ1n) is 12.5. The van der Waals surface area contributed by atoms with Gasteiger partial charge in [0.25, 0.3) is 0 Å². The molecule has 36 heavy (non-hydrogen) atoms. The van der Waals surface area contributed by atoms with E-state index in [9.17, 15) is 4.79 Å². The van der Waals surface area contributed by atoms with Crippen molar-refractivity contribution in [1.29, 1.82) is 0 Å². The molecule has 2 aliphatic heterocycles. The van der Waals surface area contributed by atoms with Gasteiger partial charge < -0.3 is 19.6 Å². The Morgan fingerprint density at radius 3 is 1.94 bits per heavy atom. The summed E-state index contributed by atoms with van der Waals surface area (Å²) in [6.45, 7) is 11.6. The van der Waals surface area contributed by atoms with E-state index >= 15 is 0 Å². The number of amides is 1. The van der Waals surface area contributed by atoms with E-state index in [1.807, 2.05) is 29.4 Å². The van der Waals surface area contributed by atoms with Gasteiger partial charge in [-0.3, -0.25) is 9.78 Å². The van der Waals surface area contributed by atoms with E-state index < -0.39 is 0 Å². The van der Waals surface area contributed by atoms with Crippen LogP contribution in [0.5, 0.6) is 0 Å². The molecule has 0 radical (unpaired) electrons. The fourth-order valence-corrected chi connectivity index (χ4v) is 5.28. The van der Waals surface area contributed by atoms with Crippen LogP contribution in [0.3, 0.4) is 0 Å². The van der Waals surface area contributed by atoms with Crippen molar-refractivity contribution in [3.63, 3.8) is 0 Å². The van der Waals surface area contributed by atoms with Crippen molar-refractivity contribution in [2.24, 2.45) is 0 Å². The number of benzene rings is 2. The monoisotopic (exact) mass is 501 g/mol. The summed E-state index contributed by atoms with van der Waals surface area (Å²) in [5.41, 5.74) is 5.35. The van der Waals surface area contributed by atoms with Crippen LogP contribution >= 0.6 is 11.6 Å². The molecule has 1 atom stereocenters. The molecule has 2 saturated heterocycles. The van der Waals surface area contributed by atoms with Crippen molar-refractivity contribution in [2.45, 2.75) is 13.0 Å². The van der Waals surface area contributed by atoms with Gasteiger partial charge in [-0.05, 0) is 61.0 Å². The van der Waals surface area contributed by atoms with Gasteiger partial charge in [0.1, 0.15) is 0 Å². The van der Waals surface area contributed by atoms with Crippen LogP contribution in [0, 0.1) is 0 Å². The van der Waals surface area contributed by atoms with E-state index in [2.05, 4.69) is 74.8 Å². The normalized spacial score (nSPS) is 18.3. The summed E-state index contributed by atoms with van der Waals surface area (Å²) in [6, 6.07) is 21.0. The topological polar surface area (TPSA) is 42.9 Å². The van der Waals surface area contributed by atoms with E-state index in [-0.39, 0.29) is 11.9 Å². The molecule has 0 bridgehead atoms. The molecule has 2 aromatic carbocycles. The molecule has 2 aliphatic rings. The number of halogens is 1. The predicted molar refractivity (Wildman–Crippen MR) is 148 cm³/mol. The Hall–Kier alpha value is -3.51. The smallest absolute Gasteiger partial charge is 0.249 e. The van der Waals surface area contributed by atoms with Gasteiger partial charge in [-0.2, -0.15) is 0 Å².